The monoisotopic (exact) mass is 401 g/mol. The lowest BCUT2D eigenvalue weighted by Gasteiger charge is -2.34. The average molecular weight is 403 g/mol. The van der Waals surface area contributed by atoms with Crippen LogP contribution in [-0.4, -0.2) is 15.9 Å². The molecule has 0 spiro atoms. The molecule has 0 radical (unpaired) electrons. The number of phenols is 1. The standard InChI is InChI=1S/C13H12BrN3O2.BrH/c1-16-2-3-17-9-5-12(15-13(16)17)19-11-6-10(18)8(14)4-7(9)11;/h2-4,6,9,12,18H,5H2,1H3;1H. The quantitative estimate of drug-likeness (QED) is 0.550. The molecule has 2 N–H and O–H groups in total. The minimum absolute atomic E-state index is 0. The van der Waals surface area contributed by atoms with Gasteiger partial charge in [-0.3, -0.25) is 0 Å². The molecule has 5 nitrogen and oxygen atoms in total. The van der Waals surface area contributed by atoms with Gasteiger partial charge >= 0.3 is 5.95 Å². The number of aryl methyl sites for hydroxylation is 1. The Morgan fingerprint density at radius 1 is 1.50 bits per heavy atom. The summed E-state index contributed by atoms with van der Waals surface area (Å²) in [5.41, 5.74) is 1.10. The smallest absolute Gasteiger partial charge is 0.360 e. The molecule has 2 aromatic rings. The van der Waals surface area contributed by atoms with Gasteiger partial charge in [-0.2, -0.15) is 0 Å². The predicted molar refractivity (Wildman–Crippen MR) is 72.2 cm³/mol. The molecule has 3 heterocycles. The SMILES string of the molecule is C[n+]1ccn2c1NC1CC2c2cc(Br)c(O)cc2O1.[Br-]. The van der Waals surface area contributed by atoms with Crippen molar-refractivity contribution >= 4 is 21.9 Å². The number of phenolic OH excluding ortho intramolecular Hbond substituents is 1. The van der Waals surface area contributed by atoms with Gasteiger partial charge < -0.3 is 26.8 Å². The Labute approximate surface area is 135 Å². The molecule has 4 rings (SSSR count). The average Bonchev–Trinajstić information content (AvgIpc) is 2.74. The minimum Gasteiger partial charge on any atom is -1.00 e. The number of nitrogens with zero attached hydrogens (tertiary/aromatic N) is 2. The molecule has 7 heteroatoms. The molecule has 2 aliphatic heterocycles. The number of benzene rings is 1. The highest BCUT2D eigenvalue weighted by atomic mass is 79.9. The van der Waals surface area contributed by atoms with Crippen LogP contribution < -0.4 is 31.6 Å². The second kappa shape index (κ2) is 4.66. The summed E-state index contributed by atoms with van der Waals surface area (Å²) >= 11 is 3.37. The molecule has 1 aromatic heterocycles. The Balaban J connectivity index is 0.00000121. The fourth-order valence-corrected chi connectivity index (χ4v) is 3.23. The zero-order chi connectivity index (χ0) is 13.1. The van der Waals surface area contributed by atoms with E-state index in [0.717, 1.165) is 23.7 Å². The van der Waals surface area contributed by atoms with Crippen LogP contribution >= 0.6 is 15.9 Å². The van der Waals surface area contributed by atoms with Crippen LogP contribution in [0.25, 0.3) is 0 Å². The Morgan fingerprint density at radius 2 is 2.30 bits per heavy atom. The molecular weight excluding hydrogens is 390 g/mol. The maximum atomic E-state index is 9.78. The van der Waals surface area contributed by atoms with Crippen LogP contribution in [-0.2, 0) is 7.05 Å². The number of aromatic nitrogens is 2. The van der Waals surface area contributed by atoms with Crippen LogP contribution in [0.1, 0.15) is 18.0 Å². The van der Waals surface area contributed by atoms with Gasteiger partial charge in [-0.15, -0.1) is 0 Å². The first kappa shape index (κ1) is 13.8. The Bertz CT molecular complexity index is 686. The number of anilines is 1. The van der Waals surface area contributed by atoms with Gasteiger partial charge in [0.15, 0.2) is 0 Å². The number of halogens is 2. The molecule has 20 heavy (non-hydrogen) atoms. The van der Waals surface area contributed by atoms with Crippen molar-refractivity contribution in [3.8, 4) is 11.5 Å². The van der Waals surface area contributed by atoms with E-state index in [1.807, 2.05) is 23.9 Å². The molecule has 0 fully saturated rings. The maximum absolute atomic E-state index is 9.78. The number of hydrogen-bond acceptors (Lipinski definition) is 3. The Morgan fingerprint density at radius 3 is 3.10 bits per heavy atom. The van der Waals surface area contributed by atoms with E-state index >= 15 is 0 Å². The normalized spacial score (nSPS) is 21.9. The summed E-state index contributed by atoms with van der Waals surface area (Å²) in [6, 6.07) is 3.86. The van der Waals surface area contributed by atoms with Crippen molar-refractivity contribution in [2.75, 3.05) is 5.32 Å². The van der Waals surface area contributed by atoms with Gasteiger partial charge in [0.25, 0.3) is 0 Å². The van der Waals surface area contributed by atoms with Gasteiger partial charge in [0.1, 0.15) is 17.5 Å². The molecule has 2 atom stereocenters. The topological polar surface area (TPSA) is 50.3 Å². The number of hydrogen-bond donors (Lipinski definition) is 2. The Kier molecular flexibility index (Phi) is 3.21. The van der Waals surface area contributed by atoms with Gasteiger partial charge in [0.2, 0.25) is 6.23 Å². The van der Waals surface area contributed by atoms with Gasteiger partial charge in [-0.05, 0) is 22.0 Å². The lowest BCUT2D eigenvalue weighted by atomic mass is 9.97. The molecule has 2 unspecified atom stereocenters. The summed E-state index contributed by atoms with van der Waals surface area (Å²) in [7, 11) is 2.01. The lowest BCUT2D eigenvalue weighted by Crippen LogP contribution is -3.00. The second-order valence-corrected chi connectivity index (χ2v) is 5.84. The zero-order valence-electron chi connectivity index (χ0n) is 10.7. The summed E-state index contributed by atoms with van der Waals surface area (Å²) in [6.45, 7) is 0. The van der Waals surface area contributed by atoms with Crippen LogP contribution in [0.3, 0.4) is 0 Å². The third-order valence-electron chi connectivity index (χ3n) is 3.80. The van der Waals surface area contributed by atoms with Crippen LogP contribution in [0.2, 0.25) is 0 Å². The molecule has 106 valence electrons. The van der Waals surface area contributed by atoms with E-state index in [2.05, 4.69) is 32.0 Å². The second-order valence-electron chi connectivity index (χ2n) is 4.98. The van der Waals surface area contributed by atoms with Crippen LogP contribution in [0.5, 0.6) is 11.5 Å². The molecule has 2 aliphatic rings. The van der Waals surface area contributed by atoms with Crippen molar-refractivity contribution in [2.45, 2.75) is 18.7 Å². The van der Waals surface area contributed by atoms with Gasteiger partial charge in [-0.25, -0.2) is 14.5 Å². The maximum Gasteiger partial charge on any atom is 0.360 e. The number of fused-ring (bicyclic) bond motifs is 6. The number of imidazole rings is 1. The third kappa shape index (κ3) is 1.83. The first-order chi connectivity index (χ1) is 9.13. The number of nitrogens with one attached hydrogen (secondary N) is 1. The highest BCUT2D eigenvalue weighted by Gasteiger charge is 2.41. The van der Waals surface area contributed by atoms with Gasteiger partial charge in [0, 0.05) is 11.6 Å². The van der Waals surface area contributed by atoms with E-state index < -0.39 is 0 Å². The van der Waals surface area contributed by atoms with Crippen molar-refractivity contribution in [1.29, 1.82) is 0 Å². The van der Waals surface area contributed by atoms with E-state index in [1.54, 1.807) is 6.07 Å². The van der Waals surface area contributed by atoms with Gasteiger partial charge in [-0.1, -0.05) is 0 Å². The number of aromatic hydroxyl groups is 1. The van der Waals surface area contributed by atoms with Crippen molar-refractivity contribution in [1.82, 2.24) is 4.57 Å². The molecule has 0 aliphatic carbocycles. The van der Waals surface area contributed by atoms with E-state index in [4.69, 9.17) is 4.74 Å². The molecule has 0 saturated heterocycles. The van der Waals surface area contributed by atoms with E-state index in [9.17, 15) is 5.11 Å². The highest BCUT2D eigenvalue weighted by Crippen LogP contribution is 2.44. The van der Waals surface area contributed by atoms with Crippen LogP contribution in [0.4, 0.5) is 5.95 Å². The van der Waals surface area contributed by atoms with Gasteiger partial charge in [0.05, 0.1) is 30.3 Å². The lowest BCUT2D eigenvalue weighted by molar-refractivity contribution is -0.657. The molecule has 0 saturated carbocycles. The summed E-state index contributed by atoms with van der Waals surface area (Å²) < 4.78 is 10.9. The molecule has 2 bridgehead atoms. The number of ether oxygens (including phenoxy) is 1. The predicted octanol–water partition coefficient (Wildman–Crippen LogP) is -1.09. The van der Waals surface area contributed by atoms with Crippen molar-refractivity contribution in [2.24, 2.45) is 7.05 Å². The molecule has 0 amide bonds. The first-order valence-corrected chi connectivity index (χ1v) is 6.95. The highest BCUT2D eigenvalue weighted by molar-refractivity contribution is 9.10. The van der Waals surface area contributed by atoms with E-state index in [0.29, 0.717) is 4.47 Å². The number of rotatable bonds is 0. The van der Waals surface area contributed by atoms with Crippen molar-refractivity contribution in [3.05, 3.63) is 34.6 Å². The molecule has 1 aromatic carbocycles. The summed E-state index contributed by atoms with van der Waals surface area (Å²) in [4.78, 5) is 0. The Hall–Kier alpha value is -1.21. The van der Waals surface area contributed by atoms with E-state index in [-0.39, 0.29) is 35.0 Å². The summed E-state index contributed by atoms with van der Waals surface area (Å²) in [5.74, 6) is 1.99. The zero-order valence-corrected chi connectivity index (χ0v) is 13.8. The van der Waals surface area contributed by atoms with E-state index in [1.165, 1.54) is 0 Å². The van der Waals surface area contributed by atoms with Crippen molar-refractivity contribution in [3.63, 3.8) is 0 Å². The fourth-order valence-electron chi connectivity index (χ4n) is 2.87. The molecular formula is C13H13Br2N3O2. The van der Waals surface area contributed by atoms with Crippen molar-refractivity contribution < 1.29 is 31.4 Å². The summed E-state index contributed by atoms with van der Waals surface area (Å²) in [6.07, 6.45) is 4.93. The fraction of sp³-hybridized carbons (Fsp3) is 0.308. The van der Waals surface area contributed by atoms with Crippen LogP contribution in [0, 0.1) is 0 Å². The summed E-state index contributed by atoms with van der Waals surface area (Å²) in [5, 5.41) is 13.1. The minimum atomic E-state index is -0.0494. The largest absolute Gasteiger partial charge is 1.00 e. The first-order valence-electron chi connectivity index (χ1n) is 6.15. The third-order valence-corrected chi connectivity index (χ3v) is 4.44. The van der Waals surface area contributed by atoms with Crippen LogP contribution in [0.15, 0.2) is 29.0 Å².